The summed E-state index contributed by atoms with van der Waals surface area (Å²) in [6.07, 6.45) is 8.06. The van der Waals surface area contributed by atoms with E-state index in [1.165, 1.54) is 22.3 Å². The Bertz CT molecular complexity index is 2090. The second kappa shape index (κ2) is 17.3. The number of nitrogens with one attached hydrogen (secondary N) is 2. The number of aromatic nitrogens is 3. The van der Waals surface area contributed by atoms with Gasteiger partial charge >= 0.3 is 0 Å². The van der Waals surface area contributed by atoms with Crippen LogP contribution in [0.25, 0.3) is 11.1 Å². The Hall–Kier alpha value is -4.86. The van der Waals surface area contributed by atoms with Gasteiger partial charge in [-0.05, 0) is 138 Å². The van der Waals surface area contributed by atoms with Crippen molar-refractivity contribution >= 4 is 23.2 Å². The summed E-state index contributed by atoms with van der Waals surface area (Å²) < 4.78 is 1.96. The van der Waals surface area contributed by atoms with Gasteiger partial charge in [0.15, 0.2) is 5.82 Å². The zero-order valence-electron chi connectivity index (χ0n) is 34.0. The predicted molar refractivity (Wildman–Crippen MR) is 225 cm³/mol. The molecule has 2 aliphatic rings. The van der Waals surface area contributed by atoms with Crippen LogP contribution in [0.2, 0.25) is 0 Å². The number of carbonyl (C=O) groups excluding carboxylic acids is 2. The molecule has 0 aliphatic carbocycles. The molecule has 55 heavy (non-hydrogen) atoms. The molecule has 0 radical (unpaired) electrons. The zero-order chi connectivity index (χ0) is 39.4. The van der Waals surface area contributed by atoms with E-state index in [0.717, 1.165) is 116 Å². The molecule has 0 fully saturated rings. The van der Waals surface area contributed by atoms with E-state index in [2.05, 4.69) is 78.4 Å². The van der Waals surface area contributed by atoms with Crippen molar-refractivity contribution in [2.75, 3.05) is 30.3 Å². The molecule has 0 saturated carbocycles. The Balaban J connectivity index is 1.12. The van der Waals surface area contributed by atoms with Gasteiger partial charge in [0.2, 0.25) is 0 Å². The van der Waals surface area contributed by atoms with Crippen LogP contribution in [-0.4, -0.2) is 61.8 Å². The lowest BCUT2D eigenvalue weighted by atomic mass is 9.91. The molecule has 2 amide bonds. The average Bonchev–Trinajstić information content (AvgIpc) is 3.49. The van der Waals surface area contributed by atoms with Gasteiger partial charge in [-0.3, -0.25) is 24.4 Å². The van der Waals surface area contributed by atoms with E-state index < -0.39 is 0 Å². The van der Waals surface area contributed by atoms with Crippen LogP contribution < -0.4 is 10.6 Å². The lowest BCUT2D eigenvalue weighted by Gasteiger charge is -2.31. The minimum atomic E-state index is -0.226. The molecule has 0 bridgehead atoms. The van der Waals surface area contributed by atoms with Crippen LogP contribution in [0.15, 0.2) is 73.0 Å². The monoisotopic (exact) mass is 741 g/mol. The third-order valence-electron chi connectivity index (χ3n) is 11.7. The number of anilines is 2. The van der Waals surface area contributed by atoms with Gasteiger partial charge < -0.3 is 15.2 Å². The normalized spacial score (nSPS) is 15.0. The Kier molecular flexibility index (Phi) is 12.5. The number of hydrogen-bond donors (Lipinski definition) is 2. The van der Waals surface area contributed by atoms with E-state index in [9.17, 15) is 9.59 Å². The standard InChI is InChI=1S/C46H59N7O2/c1-29(2)13-10-14-34(30(3)4)19-22-52-23-21-43-42(28-52)48-44(51(43)9)46(55)50-40-18-12-16-38(33(40)8)37-15-11-17-39(32(37)7)49-45(54)41-25-35-20-24-53(31(5)6)27-36(35)26-47-41/h11-12,15-18,25-26,31,34H,1,3,10,13-14,19-24,27-28H2,2,4-9H3,(H,49,54)(H,50,55). The first kappa shape index (κ1) is 39.8. The summed E-state index contributed by atoms with van der Waals surface area (Å²) in [5.41, 5.74) is 12.7. The number of allylic oxidation sites excluding steroid dienone is 2. The molecule has 2 aliphatic heterocycles. The SMILES string of the molecule is C=C(C)CCCC(CCN1CCc2c(nc(C(=O)Nc3cccc(-c4cccc(NC(=O)c5cc6c(cn5)CN(C(C)C)CC6)c4C)c3C)n2C)C1)C(=C)C. The highest BCUT2D eigenvalue weighted by Gasteiger charge is 2.27. The first-order valence-corrected chi connectivity index (χ1v) is 19.9. The smallest absolute Gasteiger partial charge is 0.291 e. The highest BCUT2D eigenvalue weighted by molar-refractivity contribution is 6.05. The molecule has 2 aromatic carbocycles. The average molecular weight is 742 g/mol. The van der Waals surface area contributed by atoms with Crippen molar-refractivity contribution in [3.8, 4) is 11.1 Å². The molecule has 1 unspecified atom stereocenters. The topological polar surface area (TPSA) is 95.4 Å². The third kappa shape index (κ3) is 9.17. The fraction of sp³-hybridized carbons (Fsp3) is 0.435. The van der Waals surface area contributed by atoms with Gasteiger partial charge in [-0.15, -0.1) is 6.58 Å². The summed E-state index contributed by atoms with van der Waals surface area (Å²) in [5, 5.41) is 6.28. The molecule has 4 heterocycles. The van der Waals surface area contributed by atoms with Crippen LogP contribution in [-0.2, 0) is 33.0 Å². The highest BCUT2D eigenvalue weighted by Crippen LogP contribution is 2.34. The van der Waals surface area contributed by atoms with Crippen molar-refractivity contribution in [3.63, 3.8) is 0 Å². The Morgan fingerprint density at radius 3 is 2.18 bits per heavy atom. The lowest BCUT2D eigenvalue weighted by molar-refractivity contribution is 0.100. The summed E-state index contributed by atoms with van der Waals surface area (Å²) in [7, 11) is 1.95. The number of hydrogen-bond acceptors (Lipinski definition) is 6. The summed E-state index contributed by atoms with van der Waals surface area (Å²) in [6, 6.07) is 14.3. The van der Waals surface area contributed by atoms with Crippen molar-refractivity contribution in [3.05, 3.63) is 118 Å². The van der Waals surface area contributed by atoms with Gasteiger partial charge in [0.25, 0.3) is 11.8 Å². The maximum atomic E-state index is 13.8. The van der Waals surface area contributed by atoms with Crippen molar-refractivity contribution < 1.29 is 9.59 Å². The van der Waals surface area contributed by atoms with E-state index in [4.69, 9.17) is 4.98 Å². The lowest BCUT2D eigenvalue weighted by Crippen LogP contribution is -2.36. The number of nitrogens with zero attached hydrogens (tertiary/aromatic N) is 5. The van der Waals surface area contributed by atoms with Gasteiger partial charge in [0.05, 0.1) is 5.69 Å². The largest absolute Gasteiger partial charge is 0.327 e. The minimum Gasteiger partial charge on any atom is -0.327 e. The maximum Gasteiger partial charge on any atom is 0.291 e. The molecule has 2 aromatic heterocycles. The van der Waals surface area contributed by atoms with Crippen LogP contribution in [0.1, 0.15) is 108 Å². The molecule has 9 heteroatoms. The fourth-order valence-corrected chi connectivity index (χ4v) is 8.12. The van der Waals surface area contributed by atoms with Crippen LogP contribution in [0.5, 0.6) is 0 Å². The van der Waals surface area contributed by atoms with E-state index in [1.807, 2.05) is 62.0 Å². The Labute approximate surface area is 328 Å². The van der Waals surface area contributed by atoms with Gasteiger partial charge in [-0.2, -0.15) is 0 Å². The van der Waals surface area contributed by atoms with Gasteiger partial charge in [0, 0.05) is 69.0 Å². The number of pyridine rings is 1. The van der Waals surface area contributed by atoms with Crippen LogP contribution in [0, 0.1) is 19.8 Å². The summed E-state index contributed by atoms with van der Waals surface area (Å²) >= 11 is 0. The summed E-state index contributed by atoms with van der Waals surface area (Å²) in [6.45, 7) is 25.5. The number of fused-ring (bicyclic) bond motifs is 2. The van der Waals surface area contributed by atoms with E-state index in [1.54, 1.807) is 0 Å². The number of carbonyl (C=O) groups is 2. The molecule has 2 N–H and O–H groups in total. The minimum absolute atomic E-state index is 0.224. The highest BCUT2D eigenvalue weighted by atomic mass is 16.2. The van der Waals surface area contributed by atoms with Crippen molar-refractivity contribution in [1.29, 1.82) is 0 Å². The quantitative estimate of drug-likeness (QED) is 0.125. The first-order chi connectivity index (χ1) is 26.3. The van der Waals surface area contributed by atoms with Crippen molar-refractivity contribution in [2.24, 2.45) is 13.0 Å². The Morgan fingerprint density at radius 1 is 0.873 bits per heavy atom. The van der Waals surface area contributed by atoms with Crippen LogP contribution >= 0.6 is 0 Å². The number of benzene rings is 2. The van der Waals surface area contributed by atoms with E-state index >= 15 is 0 Å². The summed E-state index contributed by atoms with van der Waals surface area (Å²) in [4.78, 5) is 41.6. The fourth-order valence-electron chi connectivity index (χ4n) is 8.12. The zero-order valence-corrected chi connectivity index (χ0v) is 34.0. The molecule has 0 saturated heterocycles. The molecular formula is C46H59N7O2. The number of rotatable bonds is 14. The second-order valence-corrected chi connectivity index (χ2v) is 16.1. The van der Waals surface area contributed by atoms with Crippen LogP contribution in [0.4, 0.5) is 11.4 Å². The molecule has 0 spiro atoms. The molecule has 9 nitrogen and oxygen atoms in total. The van der Waals surface area contributed by atoms with E-state index in [0.29, 0.717) is 23.5 Å². The second-order valence-electron chi connectivity index (χ2n) is 16.1. The molecule has 1 atom stereocenters. The molecule has 6 rings (SSSR count). The number of amides is 2. The van der Waals surface area contributed by atoms with Crippen molar-refractivity contribution in [1.82, 2.24) is 24.3 Å². The molecular weight excluding hydrogens is 683 g/mol. The summed E-state index contributed by atoms with van der Waals surface area (Å²) in [5.74, 6) is 0.475. The first-order valence-electron chi connectivity index (χ1n) is 19.9. The van der Waals surface area contributed by atoms with Crippen LogP contribution in [0.3, 0.4) is 0 Å². The van der Waals surface area contributed by atoms with E-state index in [-0.39, 0.29) is 11.8 Å². The van der Waals surface area contributed by atoms with Gasteiger partial charge in [-0.25, -0.2) is 4.98 Å². The number of imidazole rings is 1. The van der Waals surface area contributed by atoms with Gasteiger partial charge in [-0.1, -0.05) is 42.0 Å². The Morgan fingerprint density at radius 2 is 1.55 bits per heavy atom. The third-order valence-corrected chi connectivity index (χ3v) is 11.7. The molecule has 4 aromatic rings. The molecule has 290 valence electrons. The van der Waals surface area contributed by atoms with Crippen molar-refractivity contribution in [2.45, 2.75) is 99.2 Å². The predicted octanol–water partition coefficient (Wildman–Crippen LogP) is 9.06. The maximum absolute atomic E-state index is 13.8. The van der Waals surface area contributed by atoms with Gasteiger partial charge in [0.1, 0.15) is 5.69 Å².